The number of hydrogen-bond acceptors (Lipinski definition) is 14. The van der Waals surface area contributed by atoms with Gasteiger partial charge in [-0.25, -0.2) is 9.97 Å². The van der Waals surface area contributed by atoms with E-state index in [2.05, 4.69) is 78.7 Å². The number of oxazole rings is 1. The Morgan fingerprint density at radius 1 is 0.446 bits per heavy atom. The highest BCUT2D eigenvalue weighted by molar-refractivity contribution is 7.07. The zero-order valence-corrected chi connectivity index (χ0v) is 37.7. The smallest absolute Gasteiger partial charge is 0.203 e. The topological polar surface area (TPSA) is 216 Å². The summed E-state index contributed by atoms with van der Waals surface area (Å²) >= 11 is 1.60. The van der Waals surface area contributed by atoms with Crippen LogP contribution in [-0.2, 0) is 0 Å². The Kier molecular flexibility index (Phi) is 119. The molecule has 0 aliphatic heterocycles. The molecule has 0 aliphatic rings. The average molecular weight is 807 g/mol. The summed E-state index contributed by atoms with van der Waals surface area (Å²) in [5.41, 5.74) is 1.79. The van der Waals surface area contributed by atoms with Gasteiger partial charge < -0.3 is 22.8 Å². The van der Waals surface area contributed by atoms with Gasteiger partial charge in [0.05, 0.1) is 49.2 Å². The SMILES string of the molecule is CC.CC.CC.CC.CC.CC.CC.CC.c1c[nH]cn1.c1ccoc1.c1cn[nH]c1.c1cn[nH]n1.c1cnoc1.c1cocn1.c1cscn1.c1nnco1. The van der Waals surface area contributed by atoms with Gasteiger partial charge in [0.1, 0.15) is 12.5 Å². The molecule has 0 fully saturated rings. The molecule has 8 aromatic rings. The van der Waals surface area contributed by atoms with E-state index in [9.17, 15) is 0 Å². The van der Waals surface area contributed by atoms with Gasteiger partial charge in [-0.3, -0.25) is 10.1 Å². The van der Waals surface area contributed by atoms with Crippen LogP contribution in [0.25, 0.3) is 0 Å². The summed E-state index contributed by atoms with van der Waals surface area (Å²) in [7, 11) is 0. The Hall–Kier alpha value is -5.97. The number of aromatic nitrogens is 12. The highest BCUT2D eigenvalue weighted by Gasteiger charge is 1.62. The predicted octanol–water partition coefficient (Wildman–Crippen LogP) is 12.7. The second-order valence-electron chi connectivity index (χ2n) is 5.59. The average Bonchev–Trinajstić information content (AvgIpc) is 4.18. The quantitative estimate of drug-likeness (QED) is 0.130. The lowest BCUT2D eigenvalue weighted by molar-refractivity contribution is 0.420. The van der Waals surface area contributed by atoms with E-state index in [0.29, 0.717) is 0 Å². The first-order valence-corrected chi connectivity index (χ1v) is 19.7. The number of furan rings is 1. The van der Waals surface area contributed by atoms with Crippen molar-refractivity contribution in [3.05, 3.63) is 141 Å². The van der Waals surface area contributed by atoms with Gasteiger partial charge >= 0.3 is 0 Å². The number of nitrogens with one attached hydrogen (secondary N) is 3. The maximum Gasteiger partial charge on any atom is 0.203 e. The van der Waals surface area contributed by atoms with E-state index in [1.165, 1.54) is 31.7 Å². The molecule has 8 heterocycles. The standard InChI is InChI=1S/C4H4O.2C3H4N2.2C3H3NO.C3H3NS.C2H3N3.C2H2N2O.8C2H6/c1-2-4-5-3-1;1-2-5-3-4-1;1-2-4-5-3-1;1-2-5-3-4-1;1-2-4-5-3-1;1-2-5-3-4-1;1-2-4-5-3-1;1-3-4-2-5-1;8*1-2/h1-4H;2*1-3H,(H,4,5);3*1-3H;1-2H,(H,3,4,5);1-2H;8*1-2H3. The lowest BCUT2D eigenvalue weighted by Gasteiger charge is -1.50. The second-order valence-corrected chi connectivity index (χ2v) is 6.35. The molecule has 8 aromatic heterocycles. The van der Waals surface area contributed by atoms with Gasteiger partial charge in [0.25, 0.3) is 0 Å². The van der Waals surface area contributed by atoms with Gasteiger partial charge in [-0.2, -0.15) is 20.5 Å². The Morgan fingerprint density at radius 2 is 1.05 bits per heavy atom. The van der Waals surface area contributed by atoms with E-state index in [1.54, 1.807) is 97.5 Å². The van der Waals surface area contributed by atoms with Crippen LogP contribution in [0.5, 0.6) is 0 Å². The van der Waals surface area contributed by atoms with Crippen molar-refractivity contribution in [2.45, 2.75) is 111 Å². The third-order valence-corrected chi connectivity index (χ3v) is 3.41. The lowest BCUT2D eigenvalue weighted by atomic mass is 10.7. The molecule has 0 unspecified atom stereocenters. The Bertz CT molecular complexity index is 835. The van der Waals surface area contributed by atoms with Gasteiger partial charge in [0.2, 0.25) is 12.8 Å². The summed E-state index contributed by atoms with van der Waals surface area (Å²) in [4.78, 5) is 13.7. The van der Waals surface area contributed by atoms with Crippen LogP contribution in [0.3, 0.4) is 0 Å². The van der Waals surface area contributed by atoms with Crippen LogP contribution in [0.15, 0.2) is 159 Å². The van der Waals surface area contributed by atoms with Crippen LogP contribution in [0.1, 0.15) is 111 Å². The first-order chi connectivity index (χ1) is 28.0. The molecule has 0 bridgehead atoms. The Labute approximate surface area is 341 Å². The molecular formula is C39H74N12O4S. The molecule has 8 rings (SSSR count). The number of H-pyrrole nitrogens is 3. The zero-order chi connectivity index (χ0) is 44.3. The number of hydrogen-bond donors (Lipinski definition) is 3. The van der Waals surface area contributed by atoms with Crippen LogP contribution in [0.4, 0.5) is 0 Å². The van der Waals surface area contributed by atoms with Crippen molar-refractivity contribution in [1.82, 2.24) is 60.9 Å². The van der Waals surface area contributed by atoms with Crippen LogP contribution in [0.2, 0.25) is 0 Å². The Morgan fingerprint density at radius 3 is 1.20 bits per heavy atom. The van der Waals surface area contributed by atoms with Gasteiger partial charge in [0, 0.05) is 36.4 Å². The van der Waals surface area contributed by atoms with Crippen molar-refractivity contribution in [3.63, 3.8) is 0 Å². The van der Waals surface area contributed by atoms with E-state index in [0.717, 1.165) is 0 Å². The highest BCUT2D eigenvalue weighted by atomic mass is 32.1. The summed E-state index contributed by atoms with van der Waals surface area (Å²) in [6, 6.07) is 7.22. The number of thiazole rings is 1. The third-order valence-electron chi connectivity index (χ3n) is 2.89. The molecule has 3 N–H and O–H groups in total. The zero-order valence-electron chi connectivity index (χ0n) is 36.8. The fraction of sp³-hybridized carbons (Fsp3) is 0.410. The molecule has 0 saturated carbocycles. The van der Waals surface area contributed by atoms with Crippen LogP contribution >= 0.6 is 11.3 Å². The van der Waals surface area contributed by atoms with E-state index in [1.807, 2.05) is 134 Å². The lowest BCUT2D eigenvalue weighted by Crippen LogP contribution is -1.61. The molecule has 0 amide bonds. The summed E-state index contributed by atoms with van der Waals surface area (Å²) in [6.45, 7) is 32.0. The molecular weight excluding hydrogens is 733 g/mol. The molecule has 16 nitrogen and oxygen atoms in total. The minimum atomic E-state index is 1.26. The Balaban J connectivity index is -0.0000000746. The minimum absolute atomic E-state index is 1.26. The maximum atomic E-state index is 4.58. The van der Waals surface area contributed by atoms with Crippen LogP contribution < -0.4 is 0 Å². The normalized spacial score (nSPS) is 6.57. The van der Waals surface area contributed by atoms with Gasteiger partial charge in [-0.1, -0.05) is 116 Å². The molecule has 0 spiro atoms. The fourth-order valence-electron chi connectivity index (χ4n) is 1.49. The van der Waals surface area contributed by atoms with Crippen molar-refractivity contribution in [1.29, 1.82) is 0 Å². The molecule has 0 aliphatic carbocycles. The maximum absolute atomic E-state index is 4.58. The summed E-state index contributed by atoms with van der Waals surface area (Å²) < 4.78 is 17.8. The van der Waals surface area contributed by atoms with Crippen LogP contribution in [0, 0.1) is 0 Å². The van der Waals surface area contributed by atoms with Crippen molar-refractivity contribution < 1.29 is 17.8 Å². The molecule has 320 valence electrons. The molecule has 56 heavy (non-hydrogen) atoms. The number of imidazole rings is 1. The summed E-state index contributed by atoms with van der Waals surface area (Å²) in [5, 5.41) is 27.4. The predicted molar refractivity (Wildman–Crippen MR) is 232 cm³/mol. The largest absolute Gasteiger partial charge is 0.473 e. The summed E-state index contributed by atoms with van der Waals surface area (Å²) in [5.74, 6) is 0. The minimum Gasteiger partial charge on any atom is -0.473 e. The van der Waals surface area contributed by atoms with E-state index < -0.39 is 0 Å². The summed E-state index contributed by atoms with van der Waals surface area (Å²) in [6.07, 6.45) is 26.8. The first-order valence-electron chi connectivity index (χ1n) is 18.8. The second kappa shape index (κ2) is 97.7. The van der Waals surface area contributed by atoms with Crippen LogP contribution in [-0.4, -0.2) is 60.9 Å². The van der Waals surface area contributed by atoms with Gasteiger partial charge in [0.15, 0.2) is 6.39 Å². The van der Waals surface area contributed by atoms with Crippen molar-refractivity contribution in [2.24, 2.45) is 0 Å². The first kappa shape index (κ1) is 68.1. The molecule has 0 radical (unpaired) electrons. The van der Waals surface area contributed by atoms with Gasteiger partial charge in [-0.05, 0) is 24.3 Å². The van der Waals surface area contributed by atoms with Crippen molar-refractivity contribution in [2.75, 3.05) is 0 Å². The highest BCUT2D eigenvalue weighted by Crippen LogP contribution is 1.86. The van der Waals surface area contributed by atoms with E-state index in [4.69, 9.17) is 0 Å². The molecule has 17 heteroatoms. The third kappa shape index (κ3) is 91.7. The molecule has 0 saturated heterocycles. The van der Waals surface area contributed by atoms with Crippen molar-refractivity contribution >= 4 is 11.3 Å². The van der Waals surface area contributed by atoms with Gasteiger partial charge in [-0.15, -0.1) is 21.5 Å². The molecule has 0 aromatic carbocycles. The number of rotatable bonds is 0. The number of aromatic amines is 3. The van der Waals surface area contributed by atoms with E-state index >= 15 is 0 Å². The fourth-order valence-corrected chi connectivity index (χ4v) is 1.84. The monoisotopic (exact) mass is 807 g/mol. The van der Waals surface area contributed by atoms with E-state index in [-0.39, 0.29) is 0 Å². The number of nitrogens with zero attached hydrogens (tertiary/aromatic N) is 9. The molecule has 0 atom stereocenters. The van der Waals surface area contributed by atoms with Crippen molar-refractivity contribution in [3.8, 4) is 0 Å².